The maximum atomic E-state index is 11.7. The van der Waals surface area contributed by atoms with Gasteiger partial charge in [0.25, 0.3) is 0 Å². The van der Waals surface area contributed by atoms with E-state index in [1.54, 1.807) is 14.2 Å². The van der Waals surface area contributed by atoms with Gasteiger partial charge in [0.1, 0.15) is 11.5 Å². The molecule has 0 bridgehead atoms. The average Bonchev–Trinajstić information content (AvgIpc) is 2.42. The van der Waals surface area contributed by atoms with Gasteiger partial charge in [-0.25, -0.2) is 0 Å². The normalized spacial score (nSPS) is 11.8. The molecule has 0 aromatic heterocycles. The van der Waals surface area contributed by atoms with Crippen LogP contribution in [0.25, 0.3) is 0 Å². The molecule has 3 N–H and O–H groups in total. The van der Waals surface area contributed by atoms with E-state index in [0.717, 1.165) is 17.1 Å². The van der Waals surface area contributed by atoms with Gasteiger partial charge in [-0.05, 0) is 25.5 Å². The van der Waals surface area contributed by atoms with Crippen molar-refractivity contribution in [1.82, 2.24) is 5.32 Å². The first-order chi connectivity index (χ1) is 9.08. The predicted octanol–water partition coefficient (Wildman–Crippen LogP) is 1.10. The number of nitrogens with two attached hydrogens (primary N) is 1. The third-order valence-electron chi connectivity index (χ3n) is 2.75. The van der Waals surface area contributed by atoms with Gasteiger partial charge < -0.3 is 20.5 Å². The largest absolute Gasteiger partial charge is 0.496 e. The molecule has 5 nitrogen and oxygen atoms in total. The fourth-order valence-corrected chi connectivity index (χ4v) is 1.78. The first-order valence-electron chi connectivity index (χ1n) is 6.30. The Kier molecular flexibility index (Phi) is 6.15. The Morgan fingerprint density at radius 3 is 2.37 bits per heavy atom. The lowest BCUT2D eigenvalue weighted by atomic mass is 10.1. The van der Waals surface area contributed by atoms with E-state index in [9.17, 15) is 4.79 Å². The van der Waals surface area contributed by atoms with Gasteiger partial charge >= 0.3 is 0 Å². The van der Waals surface area contributed by atoms with Gasteiger partial charge in [-0.3, -0.25) is 4.79 Å². The summed E-state index contributed by atoms with van der Waals surface area (Å²) in [4.78, 5) is 11.7. The Morgan fingerprint density at radius 1 is 1.32 bits per heavy atom. The molecule has 106 valence electrons. The SMILES string of the molecule is COc1cccc(OC)c1CCC(=O)NCC(C)N. The topological polar surface area (TPSA) is 73.6 Å². The lowest BCUT2D eigenvalue weighted by Gasteiger charge is -2.13. The molecular formula is C14H22N2O3. The summed E-state index contributed by atoms with van der Waals surface area (Å²) in [6.45, 7) is 2.34. The molecule has 0 aliphatic heterocycles. The third kappa shape index (κ3) is 4.79. The molecule has 19 heavy (non-hydrogen) atoms. The van der Waals surface area contributed by atoms with E-state index in [2.05, 4.69) is 5.32 Å². The molecule has 1 unspecified atom stereocenters. The van der Waals surface area contributed by atoms with Crippen LogP contribution in [-0.2, 0) is 11.2 Å². The summed E-state index contributed by atoms with van der Waals surface area (Å²) in [5, 5.41) is 2.78. The first kappa shape index (κ1) is 15.3. The summed E-state index contributed by atoms with van der Waals surface area (Å²) >= 11 is 0. The highest BCUT2D eigenvalue weighted by Crippen LogP contribution is 2.29. The second kappa shape index (κ2) is 7.63. The molecule has 0 heterocycles. The quantitative estimate of drug-likeness (QED) is 0.775. The van der Waals surface area contributed by atoms with Crippen LogP contribution in [0.2, 0.25) is 0 Å². The van der Waals surface area contributed by atoms with Crippen LogP contribution >= 0.6 is 0 Å². The molecule has 1 aromatic carbocycles. The molecule has 0 spiro atoms. The van der Waals surface area contributed by atoms with Gasteiger partial charge in [-0.2, -0.15) is 0 Å². The van der Waals surface area contributed by atoms with E-state index in [4.69, 9.17) is 15.2 Å². The number of nitrogens with one attached hydrogen (secondary N) is 1. The van der Waals surface area contributed by atoms with Crippen LogP contribution in [0.1, 0.15) is 18.9 Å². The molecule has 1 aromatic rings. The average molecular weight is 266 g/mol. The molecule has 0 radical (unpaired) electrons. The van der Waals surface area contributed by atoms with Crippen molar-refractivity contribution in [2.75, 3.05) is 20.8 Å². The van der Waals surface area contributed by atoms with E-state index in [0.29, 0.717) is 19.4 Å². The van der Waals surface area contributed by atoms with Gasteiger partial charge in [0.05, 0.1) is 14.2 Å². The summed E-state index contributed by atoms with van der Waals surface area (Å²) in [7, 11) is 3.21. The van der Waals surface area contributed by atoms with Gasteiger partial charge in [0.2, 0.25) is 5.91 Å². The second-order valence-corrected chi connectivity index (χ2v) is 4.42. The highest BCUT2D eigenvalue weighted by molar-refractivity contribution is 5.76. The fourth-order valence-electron chi connectivity index (χ4n) is 1.78. The summed E-state index contributed by atoms with van der Waals surface area (Å²) in [6.07, 6.45) is 0.946. The molecule has 0 fully saturated rings. The van der Waals surface area contributed by atoms with Crippen molar-refractivity contribution >= 4 is 5.91 Å². The number of carbonyl (C=O) groups excluding carboxylic acids is 1. The van der Waals surface area contributed by atoms with Gasteiger partial charge in [-0.1, -0.05) is 6.07 Å². The van der Waals surface area contributed by atoms with Crippen molar-refractivity contribution in [3.8, 4) is 11.5 Å². The Labute approximate surface area is 114 Å². The van der Waals surface area contributed by atoms with E-state index in [-0.39, 0.29) is 11.9 Å². The van der Waals surface area contributed by atoms with Gasteiger partial charge in [-0.15, -0.1) is 0 Å². The molecule has 0 aliphatic rings. The summed E-state index contributed by atoms with van der Waals surface area (Å²) in [5.74, 6) is 1.45. The zero-order chi connectivity index (χ0) is 14.3. The Hall–Kier alpha value is -1.75. The highest BCUT2D eigenvalue weighted by Gasteiger charge is 2.11. The number of carbonyl (C=O) groups is 1. The molecule has 1 atom stereocenters. The number of methoxy groups -OCH3 is 2. The molecule has 1 rings (SSSR count). The predicted molar refractivity (Wildman–Crippen MR) is 74.5 cm³/mol. The number of benzene rings is 1. The van der Waals surface area contributed by atoms with E-state index >= 15 is 0 Å². The lowest BCUT2D eigenvalue weighted by Crippen LogP contribution is -2.35. The highest BCUT2D eigenvalue weighted by atomic mass is 16.5. The minimum Gasteiger partial charge on any atom is -0.496 e. The van der Waals surface area contributed by atoms with Crippen LogP contribution in [0.3, 0.4) is 0 Å². The van der Waals surface area contributed by atoms with E-state index in [1.807, 2.05) is 25.1 Å². The van der Waals surface area contributed by atoms with Crippen molar-refractivity contribution in [2.24, 2.45) is 5.73 Å². The Balaban J connectivity index is 2.63. The van der Waals surface area contributed by atoms with E-state index < -0.39 is 0 Å². The number of ether oxygens (including phenoxy) is 2. The van der Waals surface area contributed by atoms with Crippen molar-refractivity contribution in [3.63, 3.8) is 0 Å². The summed E-state index contributed by atoms with van der Waals surface area (Å²) in [6, 6.07) is 5.54. The van der Waals surface area contributed by atoms with Crippen molar-refractivity contribution in [1.29, 1.82) is 0 Å². The maximum absolute atomic E-state index is 11.7. The zero-order valence-electron chi connectivity index (χ0n) is 11.7. The van der Waals surface area contributed by atoms with Gasteiger partial charge in [0.15, 0.2) is 0 Å². The zero-order valence-corrected chi connectivity index (χ0v) is 11.7. The Bertz CT molecular complexity index is 397. The maximum Gasteiger partial charge on any atom is 0.220 e. The second-order valence-electron chi connectivity index (χ2n) is 4.42. The summed E-state index contributed by atoms with van der Waals surface area (Å²) < 4.78 is 10.6. The number of hydrogen-bond acceptors (Lipinski definition) is 4. The van der Waals surface area contributed by atoms with Crippen LogP contribution in [0, 0.1) is 0 Å². The minimum absolute atomic E-state index is 0.0229. The smallest absolute Gasteiger partial charge is 0.220 e. The molecular weight excluding hydrogens is 244 g/mol. The van der Waals surface area contributed by atoms with Crippen molar-refractivity contribution in [3.05, 3.63) is 23.8 Å². The van der Waals surface area contributed by atoms with E-state index in [1.165, 1.54) is 0 Å². The minimum atomic E-state index is -0.0373. The fraction of sp³-hybridized carbons (Fsp3) is 0.500. The Morgan fingerprint density at radius 2 is 1.89 bits per heavy atom. The van der Waals surface area contributed by atoms with Crippen LogP contribution in [-0.4, -0.2) is 32.7 Å². The van der Waals surface area contributed by atoms with Crippen LogP contribution in [0.15, 0.2) is 18.2 Å². The molecule has 5 heteroatoms. The van der Waals surface area contributed by atoms with Crippen molar-refractivity contribution in [2.45, 2.75) is 25.8 Å². The summed E-state index contributed by atoms with van der Waals surface area (Å²) in [5.41, 5.74) is 6.49. The number of amides is 1. The molecule has 1 amide bonds. The molecule has 0 saturated carbocycles. The first-order valence-corrected chi connectivity index (χ1v) is 6.30. The van der Waals surface area contributed by atoms with Crippen LogP contribution in [0.5, 0.6) is 11.5 Å². The molecule has 0 saturated heterocycles. The van der Waals surface area contributed by atoms with Crippen molar-refractivity contribution < 1.29 is 14.3 Å². The third-order valence-corrected chi connectivity index (χ3v) is 2.75. The molecule has 0 aliphatic carbocycles. The number of hydrogen-bond donors (Lipinski definition) is 2. The number of rotatable bonds is 7. The van der Waals surface area contributed by atoms with Gasteiger partial charge in [0, 0.05) is 24.6 Å². The lowest BCUT2D eigenvalue weighted by molar-refractivity contribution is -0.121. The van der Waals surface area contributed by atoms with Crippen LogP contribution in [0.4, 0.5) is 0 Å². The van der Waals surface area contributed by atoms with Crippen LogP contribution < -0.4 is 20.5 Å². The standard InChI is InChI=1S/C14H22N2O3/c1-10(15)9-16-14(17)8-7-11-12(18-2)5-4-6-13(11)19-3/h4-6,10H,7-9,15H2,1-3H3,(H,16,17). The monoisotopic (exact) mass is 266 g/mol.